The van der Waals surface area contributed by atoms with Gasteiger partial charge in [0.15, 0.2) is 6.17 Å². The molecule has 0 amide bonds. The van der Waals surface area contributed by atoms with Crippen molar-refractivity contribution in [2.45, 2.75) is 20.0 Å². The van der Waals surface area contributed by atoms with Gasteiger partial charge >= 0.3 is 0 Å². The Balaban J connectivity index is 2.06. The molecule has 1 heterocycles. The minimum absolute atomic E-state index is 0.111. The second kappa shape index (κ2) is 4.37. The summed E-state index contributed by atoms with van der Waals surface area (Å²) in [6.07, 6.45) is -0.111. The van der Waals surface area contributed by atoms with Crippen LogP contribution < -0.4 is 16.2 Å². The number of hydrogen-bond donors (Lipinski definition) is 3. The molecular weight excluding hydrogens is 200 g/mol. The monoisotopic (exact) mass is 216 g/mol. The lowest BCUT2D eigenvalue weighted by atomic mass is 10.2. The van der Waals surface area contributed by atoms with Gasteiger partial charge in [-0.15, -0.1) is 0 Å². The summed E-state index contributed by atoms with van der Waals surface area (Å²) >= 11 is 0. The first-order valence-corrected chi connectivity index (χ1v) is 5.24. The van der Waals surface area contributed by atoms with E-state index < -0.39 is 0 Å². The number of nitrogens with zero attached hydrogens (tertiary/aromatic N) is 1. The van der Waals surface area contributed by atoms with Crippen LogP contribution in [0, 0.1) is 6.92 Å². The Hall–Kier alpha value is -1.81. The van der Waals surface area contributed by atoms with Crippen LogP contribution >= 0.6 is 0 Å². The number of hydrogen-bond acceptors (Lipinski definition) is 4. The van der Waals surface area contributed by atoms with E-state index in [0.29, 0.717) is 0 Å². The van der Waals surface area contributed by atoms with Gasteiger partial charge in [0.05, 0.1) is 0 Å². The van der Waals surface area contributed by atoms with E-state index in [1.54, 1.807) is 0 Å². The molecule has 3 N–H and O–H groups in total. The highest BCUT2D eigenvalue weighted by molar-refractivity contribution is 5.81. The summed E-state index contributed by atoms with van der Waals surface area (Å²) in [7, 11) is 0. The van der Waals surface area contributed by atoms with Crippen molar-refractivity contribution in [1.82, 2.24) is 10.9 Å². The molecule has 1 unspecified atom stereocenters. The minimum atomic E-state index is -0.111. The van der Waals surface area contributed by atoms with E-state index in [2.05, 4.69) is 40.7 Å². The molecule has 4 nitrogen and oxygen atoms in total. The molecule has 0 saturated heterocycles. The van der Waals surface area contributed by atoms with Gasteiger partial charge in [0, 0.05) is 11.4 Å². The normalized spacial score (nSPS) is 18.9. The molecule has 1 aliphatic rings. The van der Waals surface area contributed by atoms with Gasteiger partial charge in [0.2, 0.25) is 0 Å². The maximum Gasteiger partial charge on any atom is 0.158 e. The Kier molecular flexibility index (Phi) is 2.92. The van der Waals surface area contributed by atoms with Crippen LogP contribution in [-0.2, 0) is 0 Å². The van der Waals surface area contributed by atoms with Crippen molar-refractivity contribution in [3.8, 4) is 0 Å². The van der Waals surface area contributed by atoms with Crippen LogP contribution in [0.25, 0.3) is 0 Å². The molecule has 0 saturated carbocycles. The third-order valence-electron chi connectivity index (χ3n) is 2.48. The molecule has 0 aromatic heterocycles. The van der Waals surface area contributed by atoms with Crippen molar-refractivity contribution >= 4 is 11.5 Å². The number of aliphatic imine (C=N–C) groups is 1. The summed E-state index contributed by atoms with van der Waals surface area (Å²) in [5.74, 6) is 0.873. The number of aryl methyl sites for hydroxylation is 1. The van der Waals surface area contributed by atoms with Crippen LogP contribution in [0.5, 0.6) is 0 Å². The van der Waals surface area contributed by atoms with E-state index in [4.69, 9.17) is 0 Å². The number of amidine groups is 1. The summed E-state index contributed by atoms with van der Waals surface area (Å²) in [5, 5.41) is 3.27. The number of benzene rings is 1. The Labute approximate surface area is 95.4 Å². The fourth-order valence-corrected chi connectivity index (χ4v) is 1.55. The van der Waals surface area contributed by atoms with Gasteiger partial charge < -0.3 is 10.7 Å². The molecule has 0 fully saturated rings. The number of rotatable bonds is 3. The fourth-order valence-electron chi connectivity index (χ4n) is 1.55. The van der Waals surface area contributed by atoms with Crippen LogP contribution in [0.15, 0.2) is 41.5 Å². The number of hydrazine groups is 1. The second-order valence-electron chi connectivity index (χ2n) is 3.85. The first-order valence-electron chi connectivity index (χ1n) is 5.24. The molecule has 16 heavy (non-hydrogen) atoms. The number of nitrogens with one attached hydrogen (secondary N) is 3. The van der Waals surface area contributed by atoms with Crippen molar-refractivity contribution in [2.24, 2.45) is 4.99 Å². The number of para-hydroxylation sites is 1. The molecule has 84 valence electrons. The highest BCUT2D eigenvalue weighted by Crippen LogP contribution is 2.17. The van der Waals surface area contributed by atoms with E-state index in [9.17, 15) is 0 Å². The van der Waals surface area contributed by atoms with Crippen molar-refractivity contribution in [1.29, 1.82) is 0 Å². The molecule has 1 aliphatic heterocycles. The van der Waals surface area contributed by atoms with Crippen LogP contribution in [0.1, 0.15) is 12.5 Å². The van der Waals surface area contributed by atoms with Crippen LogP contribution in [-0.4, -0.2) is 12.0 Å². The molecule has 1 aromatic carbocycles. The van der Waals surface area contributed by atoms with E-state index in [-0.39, 0.29) is 6.17 Å². The highest BCUT2D eigenvalue weighted by Gasteiger charge is 2.16. The Morgan fingerprint density at radius 1 is 1.38 bits per heavy atom. The van der Waals surface area contributed by atoms with Gasteiger partial charge in [0.25, 0.3) is 0 Å². The topological polar surface area (TPSA) is 48.5 Å². The average molecular weight is 216 g/mol. The predicted octanol–water partition coefficient (Wildman–Crippen LogP) is 1.77. The standard InChI is InChI=1S/C12H16N4/c1-8-6-4-5-7-11(8)13-9(2)12-14-10(3)15-16-12/h4-7,12-13,16H,2H2,1,3H3,(H,14,15). The first kappa shape index (κ1) is 10.7. The largest absolute Gasteiger partial charge is 0.356 e. The predicted molar refractivity (Wildman–Crippen MR) is 67.1 cm³/mol. The Morgan fingerprint density at radius 2 is 2.12 bits per heavy atom. The van der Waals surface area contributed by atoms with E-state index in [1.165, 1.54) is 5.56 Å². The lowest BCUT2D eigenvalue weighted by Gasteiger charge is -2.15. The molecule has 0 spiro atoms. The molecular formula is C12H16N4. The molecule has 2 rings (SSSR count). The Morgan fingerprint density at radius 3 is 2.75 bits per heavy atom. The zero-order chi connectivity index (χ0) is 11.5. The van der Waals surface area contributed by atoms with Crippen LogP contribution in [0.2, 0.25) is 0 Å². The van der Waals surface area contributed by atoms with Gasteiger partial charge in [-0.05, 0) is 25.5 Å². The third-order valence-corrected chi connectivity index (χ3v) is 2.48. The SMILES string of the molecule is C=C(Nc1ccccc1C)C1N=C(C)NN1. The zero-order valence-corrected chi connectivity index (χ0v) is 9.54. The van der Waals surface area contributed by atoms with E-state index >= 15 is 0 Å². The molecule has 1 aromatic rings. The Bertz CT molecular complexity index is 436. The summed E-state index contributed by atoms with van der Waals surface area (Å²) in [5.41, 5.74) is 9.07. The van der Waals surface area contributed by atoms with Crippen molar-refractivity contribution in [3.05, 3.63) is 42.1 Å². The zero-order valence-electron chi connectivity index (χ0n) is 9.54. The fraction of sp³-hybridized carbons (Fsp3) is 0.250. The third kappa shape index (κ3) is 2.23. The van der Waals surface area contributed by atoms with Crippen molar-refractivity contribution in [2.75, 3.05) is 5.32 Å². The van der Waals surface area contributed by atoms with Gasteiger partial charge in [-0.1, -0.05) is 24.8 Å². The van der Waals surface area contributed by atoms with E-state index in [0.717, 1.165) is 17.2 Å². The second-order valence-corrected chi connectivity index (χ2v) is 3.85. The molecule has 0 radical (unpaired) electrons. The van der Waals surface area contributed by atoms with Crippen LogP contribution in [0.4, 0.5) is 5.69 Å². The number of anilines is 1. The summed E-state index contributed by atoms with van der Waals surface area (Å²) < 4.78 is 0. The minimum Gasteiger partial charge on any atom is -0.356 e. The maximum atomic E-state index is 4.35. The molecule has 0 bridgehead atoms. The summed E-state index contributed by atoms with van der Waals surface area (Å²) in [4.78, 5) is 4.35. The first-order chi connectivity index (χ1) is 7.66. The maximum absolute atomic E-state index is 4.35. The summed E-state index contributed by atoms with van der Waals surface area (Å²) in [6.45, 7) is 7.96. The van der Waals surface area contributed by atoms with Gasteiger partial charge in [-0.3, -0.25) is 0 Å². The van der Waals surface area contributed by atoms with E-state index in [1.807, 2.05) is 25.1 Å². The van der Waals surface area contributed by atoms with Gasteiger partial charge in [-0.25, -0.2) is 10.4 Å². The lowest BCUT2D eigenvalue weighted by molar-refractivity contribution is 0.612. The smallest absolute Gasteiger partial charge is 0.158 e. The van der Waals surface area contributed by atoms with Gasteiger partial charge in [0.1, 0.15) is 5.84 Å². The molecule has 4 heteroatoms. The lowest BCUT2D eigenvalue weighted by Crippen LogP contribution is -2.36. The van der Waals surface area contributed by atoms with Crippen molar-refractivity contribution in [3.63, 3.8) is 0 Å². The molecule has 1 atom stereocenters. The summed E-state index contributed by atoms with van der Waals surface area (Å²) in [6, 6.07) is 8.10. The highest BCUT2D eigenvalue weighted by atomic mass is 15.5. The quantitative estimate of drug-likeness (QED) is 0.721. The van der Waals surface area contributed by atoms with Crippen molar-refractivity contribution < 1.29 is 0 Å². The van der Waals surface area contributed by atoms with Gasteiger partial charge in [-0.2, -0.15) is 0 Å². The van der Waals surface area contributed by atoms with Crippen LogP contribution in [0.3, 0.4) is 0 Å². The molecule has 0 aliphatic carbocycles. The average Bonchev–Trinajstić information content (AvgIpc) is 2.68.